The molecule has 0 aliphatic rings. The second-order valence-electron chi connectivity index (χ2n) is 14.4. The molecule has 0 N–H and O–H groups in total. The lowest BCUT2D eigenvalue weighted by Gasteiger charge is -2.16. The molecule has 0 atom stereocenters. The van der Waals surface area contributed by atoms with Crippen LogP contribution in [0.15, 0.2) is 212 Å². The standard InChI is InChI=1S/C53H35N3/c1-5-17-36(18-6-1)37-29-31-38(32-30-37)41-33-47(40-21-9-3-10-22-40)54-50(34-41)56-49-28-16-14-26-44(49)51-45(39-19-7-2-8-20-39)35-46-43-25-13-15-27-48(43)55(52(46)53(51)56)42-23-11-4-12-24-42/h1-35H. The van der Waals surface area contributed by atoms with Crippen LogP contribution >= 0.6 is 0 Å². The Kier molecular flexibility index (Phi) is 7.49. The Morgan fingerprint density at radius 1 is 0.321 bits per heavy atom. The first kappa shape index (κ1) is 32.0. The highest BCUT2D eigenvalue weighted by Crippen LogP contribution is 2.46. The molecule has 0 aliphatic carbocycles. The molecule has 3 heterocycles. The lowest BCUT2D eigenvalue weighted by molar-refractivity contribution is 1.08. The second-order valence-corrected chi connectivity index (χ2v) is 14.4. The van der Waals surface area contributed by atoms with Crippen LogP contribution in [0.3, 0.4) is 0 Å². The Balaban J connectivity index is 1.29. The third-order valence-corrected chi connectivity index (χ3v) is 11.1. The number of benzene rings is 8. The van der Waals surface area contributed by atoms with Crippen LogP contribution in [-0.2, 0) is 0 Å². The van der Waals surface area contributed by atoms with Gasteiger partial charge in [-0.1, -0.05) is 170 Å². The quantitative estimate of drug-likeness (QED) is 0.168. The van der Waals surface area contributed by atoms with Crippen molar-refractivity contribution in [2.24, 2.45) is 0 Å². The maximum absolute atomic E-state index is 5.56. The largest absolute Gasteiger partial charge is 0.307 e. The van der Waals surface area contributed by atoms with E-state index in [1.165, 1.54) is 49.3 Å². The SMILES string of the molecule is c1ccc(-c2ccc(-c3cc(-c4ccccc4)nc(-n4c5ccccc5c5c(-c6ccccc6)cc6c7ccccc7n(-c7ccccc7)c6c54)c3)cc2)cc1. The summed E-state index contributed by atoms with van der Waals surface area (Å²) in [6.45, 7) is 0. The van der Waals surface area contributed by atoms with E-state index >= 15 is 0 Å². The number of aromatic nitrogens is 3. The first-order valence-corrected chi connectivity index (χ1v) is 19.1. The molecule has 3 aromatic heterocycles. The summed E-state index contributed by atoms with van der Waals surface area (Å²) in [6, 6.07) is 76.2. The van der Waals surface area contributed by atoms with Gasteiger partial charge < -0.3 is 4.57 Å². The van der Waals surface area contributed by atoms with Crippen LogP contribution < -0.4 is 0 Å². The van der Waals surface area contributed by atoms with Crippen molar-refractivity contribution in [1.82, 2.24) is 14.1 Å². The summed E-state index contributed by atoms with van der Waals surface area (Å²) in [4.78, 5) is 5.56. The van der Waals surface area contributed by atoms with Crippen LogP contribution in [0.2, 0.25) is 0 Å². The fourth-order valence-electron chi connectivity index (χ4n) is 8.57. The summed E-state index contributed by atoms with van der Waals surface area (Å²) in [5.41, 5.74) is 14.7. The highest BCUT2D eigenvalue weighted by molar-refractivity contribution is 6.28. The molecule has 56 heavy (non-hydrogen) atoms. The molecule has 11 rings (SSSR count). The molecule has 0 saturated heterocycles. The molecule has 0 unspecified atom stereocenters. The van der Waals surface area contributed by atoms with Crippen LogP contribution in [0.5, 0.6) is 0 Å². The number of rotatable bonds is 6. The summed E-state index contributed by atoms with van der Waals surface area (Å²) < 4.78 is 4.87. The van der Waals surface area contributed by atoms with Crippen molar-refractivity contribution in [2.75, 3.05) is 0 Å². The van der Waals surface area contributed by atoms with Gasteiger partial charge in [0.05, 0.1) is 27.8 Å². The van der Waals surface area contributed by atoms with E-state index in [0.29, 0.717) is 0 Å². The van der Waals surface area contributed by atoms with Gasteiger partial charge in [-0.15, -0.1) is 0 Å². The molecule has 262 valence electrons. The summed E-state index contributed by atoms with van der Waals surface area (Å²) in [7, 11) is 0. The third kappa shape index (κ3) is 5.17. The molecule has 0 aliphatic heterocycles. The minimum absolute atomic E-state index is 0.871. The Hall–Kier alpha value is -7.49. The Morgan fingerprint density at radius 3 is 1.48 bits per heavy atom. The lowest BCUT2D eigenvalue weighted by Crippen LogP contribution is -2.02. The van der Waals surface area contributed by atoms with Gasteiger partial charge in [0.15, 0.2) is 0 Å². The van der Waals surface area contributed by atoms with Crippen molar-refractivity contribution in [3.8, 4) is 56.1 Å². The number of para-hydroxylation sites is 3. The Bertz CT molecular complexity index is 3200. The summed E-state index contributed by atoms with van der Waals surface area (Å²) in [6.07, 6.45) is 0. The average Bonchev–Trinajstić information content (AvgIpc) is 3.81. The van der Waals surface area contributed by atoms with Gasteiger partial charge in [-0.3, -0.25) is 4.57 Å². The third-order valence-electron chi connectivity index (χ3n) is 11.1. The van der Waals surface area contributed by atoms with Gasteiger partial charge in [0.2, 0.25) is 0 Å². The lowest BCUT2D eigenvalue weighted by atomic mass is 9.96. The zero-order chi connectivity index (χ0) is 37.0. The van der Waals surface area contributed by atoms with E-state index < -0.39 is 0 Å². The van der Waals surface area contributed by atoms with Crippen LogP contribution in [0.25, 0.3) is 99.8 Å². The molecule has 11 aromatic rings. The molecule has 8 aromatic carbocycles. The minimum Gasteiger partial charge on any atom is -0.307 e. The Labute approximate surface area is 325 Å². The highest BCUT2D eigenvalue weighted by atomic mass is 15.1. The van der Waals surface area contributed by atoms with Gasteiger partial charge in [-0.25, -0.2) is 4.98 Å². The zero-order valence-corrected chi connectivity index (χ0v) is 30.5. The van der Waals surface area contributed by atoms with Gasteiger partial charge in [0, 0.05) is 32.8 Å². The molecule has 0 bridgehead atoms. The summed E-state index contributed by atoms with van der Waals surface area (Å²) in [5, 5.41) is 4.82. The van der Waals surface area contributed by atoms with E-state index in [1.54, 1.807) is 0 Å². The number of fused-ring (bicyclic) bond motifs is 7. The van der Waals surface area contributed by atoms with Gasteiger partial charge in [0.25, 0.3) is 0 Å². The fraction of sp³-hybridized carbons (Fsp3) is 0. The molecule has 3 nitrogen and oxygen atoms in total. The van der Waals surface area contributed by atoms with Crippen LogP contribution in [0.4, 0.5) is 0 Å². The molecule has 0 saturated carbocycles. The van der Waals surface area contributed by atoms with Crippen molar-refractivity contribution < 1.29 is 0 Å². The van der Waals surface area contributed by atoms with Crippen molar-refractivity contribution >= 4 is 43.6 Å². The zero-order valence-electron chi connectivity index (χ0n) is 30.5. The molecule has 0 radical (unpaired) electrons. The smallest absolute Gasteiger partial charge is 0.138 e. The highest BCUT2D eigenvalue weighted by Gasteiger charge is 2.25. The average molecular weight is 714 g/mol. The summed E-state index contributed by atoms with van der Waals surface area (Å²) >= 11 is 0. The topological polar surface area (TPSA) is 22.8 Å². The van der Waals surface area contributed by atoms with E-state index in [0.717, 1.165) is 50.4 Å². The van der Waals surface area contributed by atoms with Crippen LogP contribution in [-0.4, -0.2) is 14.1 Å². The van der Waals surface area contributed by atoms with Crippen LogP contribution in [0.1, 0.15) is 0 Å². The van der Waals surface area contributed by atoms with E-state index in [9.17, 15) is 0 Å². The minimum atomic E-state index is 0.871. The van der Waals surface area contributed by atoms with Gasteiger partial charge in [-0.05, 0) is 75.8 Å². The van der Waals surface area contributed by atoms with Crippen molar-refractivity contribution in [3.63, 3.8) is 0 Å². The molecule has 0 spiro atoms. The second kappa shape index (κ2) is 13.1. The van der Waals surface area contributed by atoms with Gasteiger partial charge in [0.1, 0.15) is 5.82 Å². The van der Waals surface area contributed by atoms with E-state index in [1.807, 2.05) is 0 Å². The normalized spacial score (nSPS) is 11.6. The maximum atomic E-state index is 5.56. The molecule has 3 heteroatoms. The monoisotopic (exact) mass is 713 g/mol. The number of hydrogen-bond acceptors (Lipinski definition) is 1. The van der Waals surface area contributed by atoms with Gasteiger partial charge in [-0.2, -0.15) is 0 Å². The molecule has 0 amide bonds. The van der Waals surface area contributed by atoms with E-state index in [4.69, 9.17) is 4.98 Å². The molecule has 0 fully saturated rings. The number of pyridine rings is 1. The summed E-state index contributed by atoms with van der Waals surface area (Å²) in [5.74, 6) is 0.871. The van der Waals surface area contributed by atoms with Crippen molar-refractivity contribution in [1.29, 1.82) is 0 Å². The van der Waals surface area contributed by atoms with Crippen LogP contribution in [0, 0.1) is 0 Å². The maximum Gasteiger partial charge on any atom is 0.138 e. The van der Waals surface area contributed by atoms with E-state index in [-0.39, 0.29) is 0 Å². The van der Waals surface area contributed by atoms with E-state index in [2.05, 4.69) is 221 Å². The Morgan fingerprint density at radius 2 is 0.821 bits per heavy atom. The van der Waals surface area contributed by atoms with Crippen molar-refractivity contribution in [2.45, 2.75) is 0 Å². The predicted octanol–water partition coefficient (Wildman–Crippen LogP) is 13.9. The number of nitrogens with zero attached hydrogens (tertiary/aromatic N) is 3. The molecular formula is C53H35N3. The molecular weight excluding hydrogens is 679 g/mol. The number of hydrogen-bond donors (Lipinski definition) is 0. The fourth-order valence-corrected chi connectivity index (χ4v) is 8.57. The van der Waals surface area contributed by atoms with Gasteiger partial charge >= 0.3 is 0 Å². The first-order valence-electron chi connectivity index (χ1n) is 19.1. The predicted molar refractivity (Wildman–Crippen MR) is 235 cm³/mol. The van der Waals surface area contributed by atoms with Crippen molar-refractivity contribution in [3.05, 3.63) is 212 Å². The first-order chi connectivity index (χ1) is 27.8.